The summed E-state index contributed by atoms with van der Waals surface area (Å²) >= 11 is 0. The number of nitrogens with one attached hydrogen (secondary N) is 2. The Morgan fingerprint density at radius 3 is 3.00 bits per heavy atom. The highest BCUT2D eigenvalue weighted by Crippen LogP contribution is 2.06. The van der Waals surface area contributed by atoms with Crippen molar-refractivity contribution in [1.82, 2.24) is 25.1 Å². The van der Waals surface area contributed by atoms with Gasteiger partial charge in [0.2, 0.25) is 0 Å². The molecule has 0 spiro atoms. The van der Waals surface area contributed by atoms with Gasteiger partial charge >= 0.3 is 0 Å². The molecule has 86 valence electrons. The third-order valence-electron chi connectivity index (χ3n) is 2.51. The maximum Gasteiger partial charge on any atom is 0.0922 e. The van der Waals surface area contributed by atoms with Crippen LogP contribution in [0.25, 0.3) is 0 Å². The van der Waals surface area contributed by atoms with E-state index in [9.17, 15) is 0 Å². The van der Waals surface area contributed by atoms with Crippen molar-refractivity contribution >= 4 is 0 Å². The van der Waals surface area contributed by atoms with Crippen molar-refractivity contribution in [3.05, 3.63) is 35.7 Å². The van der Waals surface area contributed by atoms with Gasteiger partial charge in [0.25, 0.3) is 0 Å². The van der Waals surface area contributed by atoms with Crippen LogP contribution in [0.15, 0.2) is 18.7 Å². The van der Waals surface area contributed by atoms with Gasteiger partial charge in [-0.1, -0.05) is 6.92 Å². The number of nitrogens with zero attached hydrogens (tertiary/aromatic N) is 3. The van der Waals surface area contributed by atoms with Gasteiger partial charge in [-0.25, -0.2) is 4.98 Å². The quantitative estimate of drug-likeness (QED) is 0.788. The minimum absolute atomic E-state index is 0.804. The second-order valence-electron chi connectivity index (χ2n) is 3.81. The zero-order valence-electron chi connectivity index (χ0n) is 9.70. The Hall–Kier alpha value is -1.62. The predicted octanol–water partition coefficient (Wildman–Crippen LogP) is 0.995. The fourth-order valence-electron chi connectivity index (χ4n) is 1.74. The first-order chi connectivity index (χ1) is 7.79. The molecule has 0 unspecified atom stereocenters. The Morgan fingerprint density at radius 2 is 2.31 bits per heavy atom. The Labute approximate surface area is 94.9 Å². The number of hydrogen-bond acceptors (Lipinski definition) is 3. The lowest BCUT2D eigenvalue weighted by Gasteiger charge is -2.02. The molecule has 0 aromatic carbocycles. The van der Waals surface area contributed by atoms with Gasteiger partial charge in [-0.2, -0.15) is 5.10 Å². The van der Waals surface area contributed by atoms with Gasteiger partial charge < -0.3 is 10.3 Å². The average molecular weight is 219 g/mol. The molecule has 5 heteroatoms. The minimum Gasteiger partial charge on any atom is -0.347 e. The van der Waals surface area contributed by atoms with Crippen molar-refractivity contribution in [2.45, 2.75) is 26.4 Å². The van der Waals surface area contributed by atoms with Crippen LogP contribution < -0.4 is 5.32 Å². The number of aromatic amines is 1. The number of aryl methyl sites for hydroxylation is 2. The Balaban J connectivity index is 1.89. The molecule has 5 nitrogen and oxygen atoms in total. The summed E-state index contributed by atoms with van der Waals surface area (Å²) in [7, 11) is 1.96. The number of rotatable bonds is 5. The third-order valence-corrected chi connectivity index (χ3v) is 2.51. The van der Waals surface area contributed by atoms with E-state index in [-0.39, 0.29) is 0 Å². The van der Waals surface area contributed by atoms with Gasteiger partial charge in [0.15, 0.2) is 0 Å². The molecule has 16 heavy (non-hydrogen) atoms. The van der Waals surface area contributed by atoms with Crippen LogP contribution in [0.4, 0.5) is 0 Å². The van der Waals surface area contributed by atoms with Gasteiger partial charge in [0, 0.05) is 43.8 Å². The zero-order valence-corrected chi connectivity index (χ0v) is 9.70. The third kappa shape index (κ3) is 2.49. The van der Waals surface area contributed by atoms with Crippen LogP contribution in [0.3, 0.4) is 0 Å². The van der Waals surface area contributed by atoms with E-state index >= 15 is 0 Å². The second-order valence-corrected chi connectivity index (χ2v) is 3.81. The van der Waals surface area contributed by atoms with Crippen molar-refractivity contribution in [3.8, 4) is 0 Å². The number of H-pyrrole nitrogens is 1. The highest BCUT2D eigenvalue weighted by Gasteiger charge is 2.04. The molecule has 0 radical (unpaired) electrons. The molecule has 2 aromatic heterocycles. The van der Waals surface area contributed by atoms with E-state index in [1.54, 1.807) is 6.33 Å². The molecular weight excluding hydrogens is 202 g/mol. The molecule has 2 heterocycles. The number of imidazole rings is 1. The van der Waals surface area contributed by atoms with Crippen LogP contribution in [0.5, 0.6) is 0 Å². The molecule has 2 aromatic rings. The van der Waals surface area contributed by atoms with E-state index in [0.717, 1.165) is 25.2 Å². The van der Waals surface area contributed by atoms with E-state index in [2.05, 4.69) is 33.5 Å². The molecule has 0 fully saturated rings. The molecule has 0 aliphatic heterocycles. The first-order valence-corrected chi connectivity index (χ1v) is 5.49. The predicted molar refractivity (Wildman–Crippen MR) is 61.7 cm³/mol. The standard InChI is InChI=1S/C11H17N5/c1-3-11-9(7-16(2)15-11)4-12-5-10-6-13-8-14-10/h6-8,12H,3-5H2,1-2H3,(H,13,14). The summed E-state index contributed by atoms with van der Waals surface area (Å²) in [4.78, 5) is 7.04. The van der Waals surface area contributed by atoms with Gasteiger partial charge in [-0.15, -0.1) is 0 Å². The van der Waals surface area contributed by atoms with Gasteiger partial charge in [0.1, 0.15) is 0 Å². The lowest BCUT2D eigenvalue weighted by molar-refractivity contribution is 0.677. The largest absolute Gasteiger partial charge is 0.347 e. The Bertz CT molecular complexity index is 429. The fourth-order valence-corrected chi connectivity index (χ4v) is 1.74. The summed E-state index contributed by atoms with van der Waals surface area (Å²) in [6.07, 6.45) is 6.57. The molecule has 0 bridgehead atoms. The minimum atomic E-state index is 0.804. The van der Waals surface area contributed by atoms with Crippen LogP contribution in [-0.4, -0.2) is 19.7 Å². The van der Waals surface area contributed by atoms with E-state index < -0.39 is 0 Å². The second kappa shape index (κ2) is 4.94. The molecule has 0 aliphatic rings. The number of hydrogen-bond donors (Lipinski definition) is 2. The summed E-state index contributed by atoms with van der Waals surface area (Å²) in [5, 5.41) is 7.77. The van der Waals surface area contributed by atoms with Gasteiger partial charge in [-0.3, -0.25) is 4.68 Å². The summed E-state index contributed by atoms with van der Waals surface area (Å²) < 4.78 is 1.87. The van der Waals surface area contributed by atoms with Crippen molar-refractivity contribution in [2.75, 3.05) is 0 Å². The Kier molecular flexibility index (Phi) is 3.36. The molecule has 2 N–H and O–H groups in total. The molecular formula is C11H17N5. The first-order valence-electron chi connectivity index (χ1n) is 5.49. The SMILES string of the molecule is CCc1nn(C)cc1CNCc1cnc[nH]1. The maximum absolute atomic E-state index is 4.40. The topological polar surface area (TPSA) is 58.5 Å². The molecule has 0 aliphatic carbocycles. The van der Waals surface area contributed by atoms with Crippen molar-refractivity contribution in [1.29, 1.82) is 0 Å². The molecule has 0 amide bonds. The fraction of sp³-hybridized carbons (Fsp3) is 0.455. The summed E-state index contributed by atoms with van der Waals surface area (Å²) in [6, 6.07) is 0. The van der Waals surface area contributed by atoms with Gasteiger partial charge in [-0.05, 0) is 6.42 Å². The van der Waals surface area contributed by atoms with Crippen LogP contribution in [-0.2, 0) is 26.6 Å². The molecule has 0 saturated heterocycles. The van der Waals surface area contributed by atoms with Crippen LogP contribution in [0.2, 0.25) is 0 Å². The average Bonchev–Trinajstić information content (AvgIpc) is 2.88. The van der Waals surface area contributed by atoms with Crippen LogP contribution in [0, 0.1) is 0 Å². The summed E-state index contributed by atoms with van der Waals surface area (Å²) in [5.41, 5.74) is 3.53. The monoisotopic (exact) mass is 219 g/mol. The van der Waals surface area contributed by atoms with Gasteiger partial charge in [0.05, 0.1) is 12.0 Å². The number of aromatic nitrogens is 4. The van der Waals surface area contributed by atoms with E-state index in [4.69, 9.17) is 0 Å². The lowest BCUT2D eigenvalue weighted by atomic mass is 10.2. The summed E-state index contributed by atoms with van der Waals surface area (Å²) in [5.74, 6) is 0. The molecule has 0 saturated carbocycles. The highest BCUT2D eigenvalue weighted by atomic mass is 15.3. The van der Waals surface area contributed by atoms with Crippen LogP contribution in [0.1, 0.15) is 23.9 Å². The maximum atomic E-state index is 4.40. The molecule has 2 rings (SSSR count). The normalized spacial score (nSPS) is 10.9. The highest BCUT2D eigenvalue weighted by molar-refractivity contribution is 5.16. The summed E-state index contributed by atoms with van der Waals surface area (Å²) in [6.45, 7) is 3.77. The zero-order chi connectivity index (χ0) is 11.4. The van der Waals surface area contributed by atoms with E-state index in [1.165, 1.54) is 11.3 Å². The van der Waals surface area contributed by atoms with E-state index in [0.29, 0.717) is 0 Å². The van der Waals surface area contributed by atoms with Crippen molar-refractivity contribution in [3.63, 3.8) is 0 Å². The smallest absolute Gasteiger partial charge is 0.0922 e. The van der Waals surface area contributed by atoms with Crippen molar-refractivity contribution < 1.29 is 0 Å². The van der Waals surface area contributed by atoms with Crippen molar-refractivity contribution in [2.24, 2.45) is 7.05 Å². The van der Waals surface area contributed by atoms with Crippen LogP contribution >= 0.6 is 0 Å². The Morgan fingerprint density at radius 1 is 1.44 bits per heavy atom. The lowest BCUT2D eigenvalue weighted by Crippen LogP contribution is -2.13. The van der Waals surface area contributed by atoms with E-state index in [1.807, 2.05) is 17.9 Å². The molecule has 0 atom stereocenters. The first kappa shape index (κ1) is 10.9.